The number of urea groups is 1. The molecule has 1 fully saturated rings. The Morgan fingerprint density at radius 1 is 0.800 bits per heavy atom. The monoisotopic (exact) mass is 472 g/mol. The molecule has 1 saturated heterocycles. The lowest BCUT2D eigenvalue weighted by Crippen LogP contribution is -2.20. The van der Waals surface area contributed by atoms with Gasteiger partial charge in [-0.05, 0) is 73.5 Å². The number of halogens is 2. The van der Waals surface area contributed by atoms with Gasteiger partial charge in [0.25, 0.3) is 0 Å². The zero-order chi connectivity index (χ0) is 24.4. The van der Waals surface area contributed by atoms with Crippen molar-refractivity contribution in [2.75, 3.05) is 28.6 Å². The summed E-state index contributed by atoms with van der Waals surface area (Å²) in [5, 5.41) is 5.78. The average molecular weight is 472 g/mol. The number of nitrogens with zero attached hydrogens (tertiary/aromatic N) is 2. The second-order valence-corrected chi connectivity index (χ2v) is 8.44. The van der Waals surface area contributed by atoms with Crippen LogP contribution in [-0.4, -0.2) is 29.9 Å². The molecule has 0 saturated carbocycles. The summed E-state index contributed by atoms with van der Waals surface area (Å²) in [6.07, 6.45) is 4.13. The lowest BCUT2D eigenvalue weighted by molar-refractivity contribution is 0.103. The predicted octanol–water partition coefficient (Wildman–Crippen LogP) is 5.99. The first kappa shape index (κ1) is 22.5. The zero-order valence-corrected chi connectivity index (χ0v) is 18.7. The molecule has 1 aliphatic heterocycles. The van der Waals surface area contributed by atoms with Crippen LogP contribution >= 0.6 is 0 Å². The van der Waals surface area contributed by atoms with E-state index in [1.165, 1.54) is 24.3 Å². The van der Waals surface area contributed by atoms with Crippen LogP contribution in [0.1, 0.15) is 28.8 Å². The number of carbonyl (C=O) groups excluding carboxylic acids is 2. The van der Waals surface area contributed by atoms with Gasteiger partial charge in [-0.25, -0.2) is 13.6 Å². The van der Waals surface area contributed by atoms with E-state index >= 15 is 0 Å². The summed E-state index contributed by atoms with van der Waals surface area (Å²) in [5.41, 5.74) is 2.60. The van der Waals surface area contributed by atoms with Gasteiger partial charge in [0.1, 0.15) is 11.6 Å². The van der Waals surface area contributed by atoms with Crippen LogP contribution in [0.15, 0.2) is 72.9 Å². The van der Waals surface area contributed by atoms with Gasteiger partial charge >= 0.3 is 6.03 Å². The number of benzene rings is 3. The third kappa shape index (κ3) is 5.11. The van der Waals surface area contributed by atoms with E-state index in [9.17, 15) is 18.4 Å². The molecular weight excluding hydrogens is 450 g/mol. The Hall–Kier alpha value is -4.33. The average Bonchev–Trinajstić information content (AvgIpc) is 3.37. The third-order valence-electron chi connectivity index (χ3n) is 5.90. The molecule has 0 radical (unpaired) electrons. The lowest BCUT2D eigenvalue weighted by atomic mass is 10.0. The summed E-state index contributed by atoms with van der Waals surface area (Å²) >= 11 is 0. The quantitative estimate of drug-likeness (QED) is 0.350. The van der Waals surface area contributed by atoms with E-state index in [4.69, 9.17) is 0 Å². The van der Waals surface area contributed by atoms with Crippen molar-refractivity contribution in [3.05, 3.63) is 95.7 Å². The van der Waals surface area contributed by atoms with Crippen LogP contribution in [0, 0.1) is 11.6 Å². The van der Waals surface area contributed by atoms with Crippen molar-refractivity contribution >= 4 is 39.8 Å². The van der Waals surface area contributed by atoms with E-state index in [0.29, 0.717) is 5.56 Å². The number of fused-ring (bicyclic) bond motifs is 1. The number of nitrogens with one attached hydrogen (secondary N) is 2. The van der Waals surface area contributed by atoms with Gasteiger partial charge in [-0.15, -0.1) is 0 Å². The van der Waals surface area contributed by atoms with Crippen LogP contribution in [0.25, 0.3) is 10.9 Å². The molecule has 1 aliphatic rings. The standard InChI is InChI=1S/C27H22F2N4O2/c28-20-4-3-5-22(14-20)31-27(35)32-23-12-19(11-21(29)15-23)26(34)17-6-7-25-18(10-17)13-24(16-30-25)33-8-1-2-9-33/h3-7,10-16H,1-2,8-9H2,(H2,31,32,35). The van der Waals surface area contributed by atoms with Crippen LogP contribution in [0.2, 0.25) is 0 Å². The van der Waals surface area contributed by atoms with Gasteiger partial charge < -0.3 is 15.5 Å². The molecule has 8 heteroatoms. The molecule has 2 heterocycles. The first-order chi connectivity index (χ1) is 16.9. The Labute approximate surface area is 200 Å². The minimum Gasteiger partial charge on any atom is -0.370 e. The van der Waals surface area contributed by atoms with Crippen molar-refractivity contribution < 1.29 is 18.4 Å². The maximum atomic E-state index is 14.3. The molecule has 0 bridgehead atoms. The molecule has 0 unspecified atom stereocenters. The first-order valence-electron chi connectivity index (χ1n) is 11.3. The molecule has 0 atom stereocenters. The number of ketones is 1. The molecule has 3 aromatic carbocycles. The molecular formula is C27H22F2N4O2. The smallest absolute Gasteiger partial charge is 0.323 e. The summed E-state index contributed by atoms with van der Waals surface area (Å²) in [4.78, 5) is 32.2. The topological polar surface area (TPSA) is 74.3 Å². The van der Waals surface area contributed by atoms with Crippen molar-refractivity contribution in [3.63, 3.8) is 0 Å². The van der Waals surface area contributed by atoms with Crippen LogP contribution in [0.4, 0.5) is 30.6 Å². The molecule has 176 valence electrons. The fourth-order valence-electron chi connectivity index (χ4n) is 4.23. The van der Waals surface area contributed by atoms with Crippen LogP contribution in [0.3, 0.4) is 0 Å². The van der Waals surface area contributed by atoms with Gasteiger partial charge in [0.15, 0.2) is 5.78 Å². The van der Waals surface area contributed by atoms with Crippen LogP contribution in [-0.2, 0) is 0 Å². The number of amides is 2. The number of hydrogen-bond donors (Lipinski definition) is 2. The Morgan fingerprint density at radius 3 is 2.37 bits per heavy atom. The Kier molecular flexibility index (Phi) is 6.10. The molecule has 35 heavy (non-hydrogen) atoms. The number of aromatic nitrogens is 1. The van der Waals surface area contributed by atoms with E-state index in [2.05, 4.69) is 20.5 Å². The number of carbonyl (C=O) groups is 2. The number of rotatable bonds is 5. The van der Waals surface area contributed by atoms with Gasteiger partial charge in [0, 0.05) is 41.0 Å². The minimum absolute atomic E-state index is 0.0917. The fourth-order valence-corrected chi connectivity index (χ4v) is 4.23. The second kappa shape index (κ2) is 9.50. The number of pyridine rings is 1. The Morgan fingerprint density at radius 2 is 1.57 bits per heavy atom. The van der Waals surface area contributed by atoms with Crippen molar-refractivity contribution in [1.29, 1.82) is 0 Å². The Balaban J connectivity index is 1.37. The molecule has 2 amide bonds. The maximum Gasteiger partial charge on any atom is 0.323 e. The second-order valence-electron chi connectivity index (χ2n) is 8.44. The summed E-state index contributed by atoms with van der Waals surface area (Å²) in [6, 6.07) is 15.5. The zero-order valence-electron chi connectivity index (χ0n) is 18.7. The molecule has 6 nitrogen and oxygen atoms in total. The third-order valence-corrected chi connectivity index (χ3v) is 5.90. The summed E-state index contributed by atoms with van der Waals surface area (Å²) < 4.78 is 27.7. The number of anilines is 3. The molecule has 0 aliphatic carbocycles. The van der Waals surface area contributed by atoms with E-state index < -0.39 is 17.7 Å². The van der Waals surface area contributed by atoms with Crippen LogP contribution in [0.5, 0.6) is 0 Å². The highest BCUT2D eigenvalue weighted by atomic mass is 19.1. The van der Waals surface area contributed by atoms with Gasteiger partial charge in [0.2, 0.25) is 0 Å². The first-order valence-corrected chi connectivity index (χ1v) is 11.3. The summed E-state index contributed by atoms with van der Waals surface area (Å²) in [7, 11) is 0. The van der Waals surface area contributed by atoms with Crippen molar-refractivity contribution in [1.82, 2.24) is 4.98 Å². The predicted molar refractivity (Wildman–Crippen MR) is 132 cm³/mol. The van der Waals surface area contributed by atoms with Crippen molar-refractivity contribution in [3.8, 4) is 0 Å². The molecule has 1 aromatic heterocycles. The van der Waals surface area contributed by atoms with Gasteiger partial charge in [-0.1, -0.05) is 6.07 Å². The van der Waals surface area contributed by atoms with Crippen molar-refractivity contribution in [2.24, 2.45) is 0 Å². The molecule has 4 aromatic rings. The van der Waals surface area contributed by atoms with Gasteiger partial charge in [0.05, 0.1) is 17.4 Å². The molecule has 5 rings (SSSR count). The van der Waals surface area contributed by atoms with E-state index in [-0.39, 0.29) is 22.7 Å². The lowest BCUT2D eigenvalue weighted by Gasteiger charge is -2.17. The van der Waals surface area contributed by atoms with E-state index in [0.717, 1.165) is 60.7 Å². The van der Waals surface area contributed by atoms with Gasteiger partial charge in [-0.3, -0.25) is 9.78 Å². The normalized spacial score (nSPS) is 13.1. The minimum atomic E-state index is -0.689. The van der Waals surface area contributed by atoms with Crippen molar-refractivity contribution in [2.45, 2.75) is 12.8 Å². The fraction of sp³-hybridized carbons (Fsp3) is 0.148. The largest absolute Gasteiger partial charge is 0.370 e. The molecule has 0 spiro atoms. The summed E-state index contributed by atoms with van der Waals surface area (Å²) in [5.74, 6) is -1.55. The highest BCUT2D eigenvalue weighted by Gasteiger charge is 2.16. The maximum absolute atomic E-state index is 14.3. The highest BCUT2D eigenvalue weighted by Crippen LogP contribution is 2.25. The number of hydrogen-bond acceptors (Lipinski definition) is 4. The molecule has 2 N–H and O–H groups in total. The summed E-state index contributed by atoms with van der Waals surface area (Å²) in [6.45, 7) is 1.97. The van der Waals surface area contributed by atoms with E-state index in [1.54, 1.807) is 18.2 Å². The van der Waals surface area contributed by atoms with E-state index in [1.807, 2.05) is 12.3 Å². The van der Waals surface area contributed by atoms with Gasteiger partial charge in [-0.2, -0.15) is 0 Å². The van der Waals surface area contributed by atoms with Crippen LogP contribution < -0.4 is 15.5 Å². The Bertz CT molecular complexity index is 1430. The highest BCUT2D eigenvalue weighted by molar-refractivity contribution is 6.11. The SMILES string of the molecule is O=C(Nc1cccc(F)c1)Nc1cc(F)cc(C(=O)c2ccc3ncc(N4CCCC4)cc3c2)c1.